The zero-order valence-electron chi connectivity index (χ0n) is 21.5. The number of para-hydroxylation sites is 1. The minimum absolute atomic E-state index is 0.00457. The summed E-state index contributed by atoms with van der Waals surface area (Å²) in [6, 6.07) is 17.7. The maximum Gasteiger partial charge on any atom is 0.251 e. The van der Waals surface area contributed by atoms with Crippen LogP contribution in [0.25, 0.3) is 0 Å². The first-order chi connectivity index (χ1) is 17.7. The van der Waals surface area contributed by atoms with Crippen LogP contribution in [0.5, 0.6) is 5.75 Å². The number of likely N-dealkylation sites (tertiary alicyclic amines) is 1. The largest absolute Gasteiger partial charge is 0.496 e. The number of amides is 1. The standard InChI is InChI=1S/C29H40N4O3/c1-35-28-7-3-2-5-26(28)27-6-4-15-33(27)25-12-16-32(17-13-25)24-10-8-23(9-11-24)29(34)30-14-18-31-19-21-36-22-20-31/h2-3,5,7-11,25,27H,4,6,12-22H2,1H3,(H,30,34)/t27-/m1/s1. The Labute approximate surface area is 215 Å². The fourth-order valence-corrected chi connectivity index (χ4v) is 6.04. The van der Waals surface area contributed by atoms with E-state index in [9.17, 15) is 4.79 Å². The highest BCUT2D eigenvalue weighted by Crippen LogP contribution is 2.40. The Kier molecular flexibility index (Phi) is 8.41. The lowest BCUT2D eigenvalue weighted by molar-refractivity contribution is 0.0383. The number of morpholine rings is 1. The summed E-state index contributed by atoms with van der Waals surface area (Å²) in [7, 11) is 1.77. The molecule has 1 amide bonds. The van der Waals surface area contributed by atoms with Gasteiger partial charge in [-0.15, -0.1) is 0 Å². The highest BCUT2D eigenvalue weighted by molar-refractivity contribution is 5.94. The third-order valence-electron chi connectivity index (χ3n) is 8.04. The molecule has 7 nitrogen and oxygen atoms in total. The van der Waals surface area contributed by atoms with Gasteiger partial charge in [-0.05, 0) is 62.6 Å². The van der Waals surface area contributed by atoms with E-state index in [0.29, 0.717) is 18.6 Å². The van der Waals surface area contributed by atoms with Crippen LogP contribution in [-0.2, 0) is 4.74 Å². The van der Waals surface area contributed by atoms with E-state index in [1.807, 2.05) is 12.1 Å². The summed E-state index contributed by atoms with van der Waals surface area (Å²) in [6.07, 6.45) is 4.78. The Hall–Kier alpha value is -2.61. The van der Waals surface area contributed by atoms with Crippen LogP contribution in [0.2, 0.25) is 0 Å². The second-order valence-electron chi connectivity index (χ2n) is 10.1. The summed E-state index contributed by atoms with van der Waals surface area (Å²) in [5, 5.41) is 3.06. The molecule has 2 aromatic rings. The molecule has 0 unspecified atom stereocenters. The molecular weight excluding hydrogens is 452 g/mol. The summed E-state index contributed by atoms with van der Waals surface area (Å²) >= 11 is 0. The molecule has 36 heavy (non-hydrogen) atoms. The number of ether oxygens (including phenoxy) is 2. The van der Waals surface area contributed by atoms with Gasteiger partial charge in [0.1, 0.15) is 5.75 Å². The average molecular weight is 493 g/mol. The van der Waals surface area contributed by atoms with Crippen LogP contribution in [0.3, 0.4) is 0 Å². The van der Waals surface area contributed by atoms with Gasteiger partial charge in [0.05, 0.1) is 20.3 Å². The smallest absolute Gasteiger partial charge is 0.251 e. The van der Waals surface area contributed by atoms with Gasteiger partial charge >= 0.3 is 0 Å². The molecule has 2 aromatic carbocycles. The van der Waals surface area contributed by atoms with E-state index >= 15 is 0 Å². The first kappa shape index (κ1) is 25.1. The third-order valence-corrected chi connectivity index (χ3v) is 8.04. The molecular formula is C29H40N4O3. The van der Waals surface area contributed by atoms with Crippen molar-refractivity contribution in [1.82, 2.24) is 15.1 Å². The van der Waals surface area contributed by atoms with Crippen molar-refractivity contribution in [3.8, 4) is 5.75 Å². The summed E-state index contributed by atoms with van der Waals surface area (Å²) in [5.74, 6) is 1.02. The van der Waals surface area contributed by atoms with Crippen molar-refractivity contribution >= 4 is 11.6 Å². The van der Waals surface area contributed by atoms with E-state index in [4.69, 9.17) is 9.47 Å². The van der Waals surface area contributed by atoms with E-state index < -0.39 is 0 Å². The SMILES string of the molecule is COc1ccccc1[C@H]1CCCN1C1CCN(c2ccc(C(=O)NCCN3CCOCC3)cc2)CC1. The Morgan fingerprint density at radius 1 is 0.972 bits per heavy atom. The second-order valence-corrected chi connectivity index (χ2v) is 10.1. The molecule has 3 saturated heterocycles. The van der Waals surface area contributed by atoms with Gasteiger partial charge in [-0.3, -0.25) is 14.6 Å². The molecule has 1 N–H and O–H groups in total. The van der Waals surface area contributed by atoms with Crippen LogP contribution in [0.1, 0.15) is 47.6 Å². The Bertz CT molecular complexity index is 984. The molecule has 0 saturated carbocycles. The Morgan fingerprint density at radius 2 is 1.72 bits per heavy atom. The number of nitrogens with one attached hydrogen (secondary N) is 1. The minimum atomic E-state index is 0.00457. The molecule has 3 fully saturated rings. The van der Waals surface area contributed by atoms with Crippen molar-refractivity contribution in [2.24, 2.45) is 0 Å². The van der Waals surface area contributed by atoms with Crippen LogP contribution in [0, 0.1) is 0 Å². The molecule has 194 valence electrons. The van der Waals surface area contributed by atoms with Gasteiger partial charge in [0.25, 0.3) is 5.91 Å². The second kappa shape index (κ2) is 12.1. The van der Waals surface area contributed by atoms with Gasteiger partial charge in [-0.2, -0.15) is 0 Å². The third kappa shape index (κ3) is 5.85. The summed E-state index contributed by atoms with van der Waals surface area (Å²) < 4.78 is 11.1. The molecule has 0 radical (unpaired) electrons. The number of hydrogen-bond donors (Lipinski definition) is 1. The Balaban J connectivity index is 1.11. The lowest BCUT2D eigenvalue weighted by atomic mass is 9.98. The number of carbonyl (C=O) groups excluding carboxylic acids is 1. The van der Waals surface area contributed by atoms with Crippen LogP contribution < -0.4 is 15.0 Å². The van der Waals surface area contributed by atoms with Crippen molar-refractivity contribution in [1.29, 1.82) is 0 Å². The van der Waals surface area contributed by atoms with E-state index in [-0.39, 0.29) is 5.91 Å². The van der Waals surface area contributed by atoms with Crippen molar-refractivity contribution in [3.05, 3.63) is 59.7 Å². The Morgan fingerprint density at radius 3 is 2.47 bits per heavy atom. The molecule has 3 aliphatic rings. The minimum Gasteiger partial charge on any atom is -0.496 e. The molecule has 0 spiro atoms. The zero-order chi connectivity index (χ0) is 24.7. The molecule has 0 bridgehead atoms. The van der Waals surface area contributed by atoms with E-state index in [1.165, 1.54) is 30.6 Å². The number of hydrogen-bond acceptors (Lipinski definition) is 6. The van der Waals surface area contributed by atoms with Crippen molar-refractivity contribution in [2.75, 3.05) is 71.0 Å². The predicted molar refractivity (Wildman–Crippen MR) is 143 cm³/mol. The normalized spacial score (nSPS) is 22.0. The fraction of sp³-hybridized carbons (Fsp3) is 0.552. The van der Waals surface area contributed by atoms with Crippen molar-refractivity contribution in [3.63, 3.8) is 0 Å². The number of methoxy groups -OCH3 is 1. The van der Waals surface area contributed by atoms with Gasteiger partial charge in [-0.25, -0.2) is 0 Å². The quantitative estimate of drug-likeness (QED) is 0.608. The maximum absolute atomic E-state index is 12.6. The number of anilines is 1. The van der Waals surface area contributed by atoms with Crippen LogP contribution in [-0.4, -0.2) is 87.9 Å². The van der Waals surface area contributed by atoms with Crippen LogP contribution >= 0.6 is 0 Å². The lowest BCUT2D eigenvalue weighted by Gasteiger charge is -2.40. The molecule has 0 aliphatic carbocycles. The maximum atomic E-state index is 12.6. The first-order valence-electron chi connectivity index (χ1n) is 13.5. The summed E-state index contributed by atoms with van der Waals surface area (Å²) in [6.45, 7) is 8.26. The van der Waals surface area contributed by atoms with Gasteiger partial charge < -0.3 is 19.7 Å². The number of rotatable bonds is 8. The fourth-order valence-electron chi connectivity index (χ4n) is 6.04. The first-order valence-corrected chi connectivity index (χ1v) is 13.5. The molecule has 5 rings (SSSR count). The summed E-state index contributed by atoms with van der Waals surface area (Å²) in [4.78, 5) is 20.1. The molecule has 0 aromatic heterocycles. The van der Waals surface area contributed by atoms with Gasteiger partial charge in [-0.1, -0.05) is 18.2 Å². The number of carbonyl (C=O) groups is 1. The van der Waals surface area contributed by atoms with Crippen molar-refractivity contribution < 1.29 is 14.3 Å². The number of nitrogens with zero attached hydrogens (tertiary/aromatic N) is 3. The predicted octanol–water partition coefficient (Wildman–Crippen LogP) is 3.56. The zero-order valence-corrected chi connectivity index (χ0v) is 21.5. The number of piperidine rings is 1. The summed E-state index contributed by atoms with van der Waals surface area (Å²) in [5.41, 5.74) is 3.27. The highest BCUT2D eigenvalue weighted by Gasteiger charge is 2.35. The van der Waals surface area contributed by atoms with E-state index in [0.717, 1.165) is 70.1 Å². The lowest BCUT2D eigenvalue weighted by Crippen LogP contribution is -2.44. The van der Waals surface area contributed by atoms with Gasteiger partial charge in [0.15, 0.2) is 0 Å². The van der Waals surface area contributed by atoms with Gasteiger partial charge in [0.2, 0.25) is 0 Å². The molecule has 3 aliphatic heterocycles. The van der Waals surface area contributed by atoms with Crippen LogP contribution in [0.15, 0.2) is 48.5 Å². The van der Waals surface area contributed by atoms with E-state index in [2.05, 4.69) is 56.4 Å². The van der Waals surface area contributed by atoms with Crippen molar-refractivity contribution in [2.45, 2.75) is 37.8 Å². The van der Waals surface area contributed by atoms with E-state index in [1.54, 1.807) is 7.11 Å². The van der Waals surface area contributed by atoms with Crippen LogP contribution in [0.4, 0.5) is 5.69 Å². The monoisotopic (exact) mass is 492 g/mol. The number of benzene rings is 2. The molecule has 1 atom stereocenters. The molecule has 3 heterocycles. The highest BCUT2D eigenvalue weighted by atomic mass is 16.5. The average Bonchev–Trinajstić information content (AvgIpc) is 3.43. The van der Waals surface area contributed by atoms with Gasteiger partial charge in [0, 0.05) is 68.2 Å². The molecule has 7 heteroatoms. The topological polar surface area (TPSA) is 57.3 Å².